The number of carbonyl (C=O) groups is 1. The highest BCUT2D eigenvalue weighted by molar-refractivity contribution is 9.10. The Morgan fingerprint density at radius 2 is 2.00 bits per heavy atom. The first-order valence-electron chi connectivity index (χ1n) is 10.8. The number of hydrogen-bond donors (Lipinski definition) is 1. The van der Waals surface area contributed by atoms with Gasteiger partial charge in [0.15, 0.2) is 0 Å². The maximum atomic E-state index is 12.4. The van der Waals surface area contributed by atoms with Crippen LogP contribution in [0.3, 0.4) is 0 Å². The fourth-order valence-corrected chi connectivity index (χ4v) is 4.95. The van der Waals surface area contributed by atoms with Gasteiger partial charge in [0.1, 0.15) is 10.2 Å². The lowest BCUT2D eigenvalue weighted by atomic mass is 10.1. The van der Waals surface area contributed by atoms with E-state index in [-0.39, 0.29) is 18.1 Å². The highest BCUT2D eigenvalue weighted by Gasteiger charge is 2.35. The summed E-state index contributed by atoms with van der Waals surface area (Å²) in [7, 11) is 0. The molecule has 0 aliphatic carbocycles. The molecule has 0 saturated carbocycles. The molecule has 1 aliphatic heterocycles. The van der Waals surface area contributed by atoms with Crippen molar-refractivity contribution in [1.29, 1.82) is 0 Å². The highest BCUT2D eigenvalue weighted by Crippen LogP contribution is 2.39. The third-order valence-corrected chi connectivity index (χ3v) is 6.51. The number of fused-ring (bicyclic) bond motifs is 2. The van der Waals surface area contributed by atoms with Gasteiger partial charge in [-0.25, -0.2) is 19.7 Å². The summed E-state index contributed by atoms with van der Waals surface area (Å²) in [6.07, 6.45) is 3.64. The van der Waals surface area contributed by atoms with Crippen LogP contribution in [-0.4, -0.2) is 49.2 Å². The number of nitrogens with zero attached hydrogens (tertiary/aromatic N) is 5. The van der Waals surface area contributed by atoms with Gasteiger partial charge >= 0.3 is 6.09 Å². The van der Waals surface area contributed by atoms with Crippen molar-refractivity contribution >= 4 is 60.4 Å². The largest absolute Gasteiger partial charge is 0.444 e. The molecule has 8 nitrogen and oxygen atoms in total. The van der Waals surface area contributed by atoms with E-state index in [0.717, 1.165) is 37.0 Å². The predicted octanol–water partition coefficient (Wildman–Crippen LogP) is 5.87. The fraction of sp³-hybridized carbons (Fsp3) is 0.391. The normalized spacial score (nSPS) is 14.2. The second-order valence-electron chi connectivity index (χ2n) is 8.58. The summed E-state index contributed by atoms with van der Waals surface area (Å²) in [5.74, 6) is 0.245. The van der Waals surface area contributed by atoms with E-state index in [2.05, 4.69) is 41.6 Å². The molecule has 1 aliphatic rings. The van der Waals surface area contributed by atoms with Crippen LogP contribution in [0.2, 0.25) is 0 Å². The Morgan fingerprint density at radius 1 is 1.27 bits per heavy atom. The smallest absolute Gasteiger partial charge is 0.410 e. The zero-order valence-electron chi connectivity index (χ0n) is 19.3. The van der Waals surface area contributed by atoms with Crippen LogP contribution in [0.15, 0.2) is 34.5 Å². The van der Waals surface area contributed by atoms with Gasteiger partial charge in [0.2, 0.25) is 5.95 Å². The number of anilines is 1. The van der Waals surface area contributed by atoms with Gasteiger partial charge in [-0.3, -0.25) is 0 Å². The van der Waals surface area contributed by atoms with Gasteiger partial charge in [0, 0.05) is 30.2 Å². The number of carbonyl (C=O) groups excluding carboxylic acids is 1. The second-order valence-corrected chi connectivity index (χ2v) is 10.3. The molecular formula is C23H27BrN6O2S. The number of nitrogen functional groups attached to an aromatic ring is 1. The lowest BCUT2D eigenvalue weighted by Gasteiger charge is -2.40. The van der Waals surface area contributed by atoms with Crippen molar-refractivity contribution in [3.8, 4) is 11.3 Å². The van der Waals surface area contributed by atoms with Crippen molar-refractivity contribution < 1.29 is 9.53 Å². The summed E-state index contributed by atoms with van der Waals surface area (Å²) in [5, 5.41) is 3.01. The van der Waals surface area contributed by atoms with Gasteiger partial charge in [-0.15, -0.1) is 11.3 Å². The topological polar surface area (TPSA) is 99.2 Å². The minimum Gasteiger partial charge on any atom is -0.444 e. The lowest BCUT2D eigenvalue weighted by Crippen LogP contribution is -2.52. The second kappa shape index (κ2) is 8.90. The molecule has 0 bridgehead atoms. The molecule has 0 atom stereocenters. The summed E-state index contributed by atoms with van der Waals surface area (Å²) in [4.78, 5) is 27.4. The number of hydrogen-bond acceptors (Lipinski definition) is 7. The summed E-state index contributed by atoms with van der Waals surface area (Å²) < 4.78 is 9.39. The number of pyridine rings is 1. The van der Waals surface area contributed by atoms with E-state index in [1.54, 1.807) is 16.2 Å². The van der Waals surface area contributed by atoms with Crippen LogP contribution in [-0.2, 0) is 4.74 Å². The van der Waals surface area contributed by atoms with E-state index in [4.69, 9.17) is 10.5 Å². The van der Waals surface area contributed by atoms with Crippen LogP contribution in [0.4, 0.5) is 10.7 Å². The van der Waals surface area contributed by atoms with Crippen molar-refractivity contribution in [1.82, 2.24) is 24.4 Å². The van der Waals surface area contributed by atoms with E-state index >= 15 is 0 Å². The molecule has 0 aromatic carbocycles. The highest BCUT2D eigenvalue weighted by atomic mass is 79.9. The van der Waals surface area contributed by atoms with Crippen LogP contribution in [0, 0.1) is 0 Å². The first kappa shape index (κ1) is 23.4. The molecule has 5 heterocycles. The maximum Gasteiger partial charge on any atom is 0.410 e. The fourth-order valence-electron chi connectivity index (χ4n) is 3.78. The Kier molecular flexibility index (Phi) is 6.32. The van der Waals surface area contributed by atoms with Crippen LogP contribution < -0.4 is 5.73 Å². The molecule has 0 spiro atoms. The van der Waals surface area contributed by atoms with E-state index < -0.39 is 5.60 Å². The molecular weight excluding hydrogens is 504 g/mol. The van der Waals surface area contributed by atoms with E-state index in [1.807, 2.05) is 58.3 Å². The van der Waals surface area contributed by atoms with Gasteiger partial charge in [-0.05, 0) is 54.2 Å². The third-order valence-electron chi connectivity index (χ3n) is 5.17. The van der Waals surface area contributed by atoms with Crippen LogP contribution in [0.25, 0.3) is 32.4 Å². The van der Waals surface area contributed by atoms with Gasteiger partial charge in [-0.1, -0.05) is 13.8 Å². The average molecular weight is 531 g/mol. The quantitative estimate of drug-likeness (QED) is 0.325. The number of likely N-dealkylation sites (tertiary alicyclic amines) is 1. The Morgan fingerprint density at radius 3 is 2.70 bits per heavy atom. The molecule has 33 heavy (non-hydrogen) atoms. The van der Waals surface area contributed by atoms with Crippen LogP contribution in [0.5, 0.6) is 0 Å². The molecule has 1 saturated heterocycles. The van der Waals surface area contributed by atoms with Gasteiger partial charge in [0.05, 0.1) is 33.7 Å². The Labute approximate surface area is 204 Å². The molecule has 10 heteroatoms. The number of ether oxygens (including phenoxy) is 1. The minimum atomic E-state index is -0.509. The van der Waals surface area contributed by atoms with Crippen molar-refractivity contribution in [2.75, 3.05) is 18.8 Å². The van der Waals surface area contributed by atoms with Crippen molar-refractivity contribution in [3.63, 3.8) is 0 Å². The van der Waals surface area contributed by atoms with Gasteiger partial charge in [-0.2, -0.15) is 0 Å². The standard InChI is InChI=1S/C21H21BrN6O2S.C2H6/c1-21(2,3)30-20(29)27-8-11(9-27)28-10-13(12-6-16(22)24-7-15(12)28)17-18-14(4-5-31-18)25-19(23)26-17;1-2/h4-7,10-11H,8-9H2,1-3H3,(H2,23,25,26);1-2H3. The summed E-state index contributed by atoms with van der Waals surface area (Å²) in [5.41, 5.74) is 9.08. The SMILES string of the molecule is CC.CC(C)(C)OC(=O)N1CC(n2cc(-c3nc(N)nc4ccsc34)c3cc(Br)ncc32)C1. The maximum absolute atomic E-state index is 12.4. The number of nitrogens with two attached hydrogens (primary N) is 1. The molecule has 1 amide bonds. The van der Waals surface area contributed by atoms with Crippen molar-refractivity contribution in [2.45, 2.75) is 46.3 Å². The Bertz CT molecular complexity index is 1320. The van der Waals surface area contributed by atoms with Crippen molar-refractivity contribution in [3.05, 3.63) is 34.5 Å². The van der Waals surface area contributed by atoms with Crippen molar-refractivity contribution in [2.24, 2.45) is 0 Å². The summed E-state index contributed by atoms with van der Waals surface area (Å²) in [6, 6.07) is 4.07. The van der Waals surface area contributed by atoms with Crippen LogP contribution in [0.1, 0.15) is 40.7 Å². The molecule has 0 radical (unpaired) electrons. The number of rotatable bonds is 2. The minimum absolute atomic E-state index is 0.129. The monoisotopic (exact) mass is 530 g/mol. The summed E-state index contributed by atoms with van der Waals surface area (Å²) in [6.45, 7) is 10.8. The number of halogens is 1. The molecule has 4 aromatic rings. The lowest BCUT2D eigenvalue weighted by molar-refractivity contribution is 0.00158. The number of amides is 1. The van der Waals surface area contributed by atoms with Crippen LogP contribution >= 0.6 is 27.3 Å². The molecule has 2 N–H and O–H groups in total. The predicted molar refractivity (Wildman–Crippen MR) is 136 cm³/mol. The first-order valence-corrected chi connectivity index (χ1v) is 12.5. The summed E-state index contributed by atoms with van der Waals surface area (Å²) >= 11 is 5.08. The number of aromatic nitrogens is 4. The average Bonchev–Trinajstić information content (AvgIpc) is 3.31. The molecule has 0 unspecified atom stereocenters. The van der Waals surface area contributed by atoms with E-state index in [1.165, 1.54) is 0 Å². The van der Waals surface area contributed by atoms with E-state index in [9.17, 15) is 4.79 Å². The zero-order chi connectivity index (χ0) is 23.9. The zero-order valence-corrected chi connectivity index (χ0v) is 21.7. The van der Waals surface area contributed by atoms with Gasteiger partial charge < -0.3 is 19.9 Å². The number of thiophene rings is 1. The molecule has 1 fully saturated rings. The Balaban J connectivity index is 0.00000126. The first-order chi connectivity index (χ1) is 15.7. The van der Waals surface area contributed by atoms with E-state index in [0.29, 0.717) is 13.1 Å². The third kappa shape index (κ3) is 4.54. The molecule has 5 rings (SSSR count). The van der Waals surface area contributed by atoms with Gasteiger partial charge in [0.25, 0.3) is 0 Å². The Hall–Kier alpha value is -2.72. The molecule has 4 aromatic heterocycles. The molecule has 174 valence electrons.